The Bertz CT molecular complexity index is 367. The lowest BCUT2D eigenvalue weighted by Gasteiger charge is -2.39. The fourth-order valence-corrected chi connectivity index (χ4v) is 4.43. The second-order valence-corrected chi connectivity index (χ2v) is 7.72. The van der Waals surface area contributed by atoms with Crippen molar-refractivity contribution in [1.82, 2.24) is 9.80 Å². The largest absolute Gasteiger partial charge is 0.480 e. The summed E-state index contributed by atoms with van der Waals surface area (Å²) in [6.07, 6.45) is 3.39. The van der Waals surface area contributed by atoms with Crippen molar-refractivity contribution in [1.29, 1.82) is 0 Å². The molecule has 2 saturated heterocycles. The summed E-state index contributed by atoms with van der Waals surface area (Å²) in [6.45, 7) is 6.25. The van der Waals surface area contributed by atoms with Crippen LogP contribution in [0.15, 0.2) is 0 Å². The van der Waals surface area contributed by atoms with Gasteiger partial charge in [0.1, 0.15) is 6.04 Å². The first-order chi connectivity index (χ1) is 9.49. The summed E-state index contributed by atoms with van der Waals surface area (Å²) in [4.78, 5) is 27.5. The minimum absolute atomic E-state index is 0.0849. The Kier molecular flexibility index (Phi) is 5.18. The molecule has 3 unspecified atom stereocenters. The quantitative estimate of drug-likeness (QED) is 0.807. The molecule has 0 spiro atoms. The van der Waals surface area contributed by atoms with Gasteiger partial charge < -0.3 is 14.9 Å². The smallest absolute Gasteiger partial charge is 0.326 e. The number of amides is 2. The van der Waals surface area contributed by atoms with E-state index >= 15 is 0 Å². The second kappa shape index (κ2) is 6.70. The zero-order valence-electron chi connectivity index (χ0n) is 12.2. The molecule has 2 amide bonds. The number of carboxylic acid groups (broad SMARTS) is 1. The van der Waals surface area contributed by atoms with Crippen molar-refractivity contribution in [2.75, 3.05) is 19.6 Å². The summed E-state index contributed by atoms with van der Waals surface area (Å²) < 4.78 is 0. The number of nitrogens with zero attached hydrogens (tertiary/aromatic N) is 2. The molecule has 114 valence electrons. The molecule has 6 heteroatoms. The minimum Gasteiger partial charge on any atom is -0.480 e. The molecule has 20 heavy (non-hydrogen) atoms. The summed E-state index contributed by atoms with van der Waals surface area (Å²) in [5.41, 5.74) is 0. The van der Waals surface area contributed by atoms with E-state index in [0.717, 1.165) is 32.4 Å². The lowest BCUT2D eigenvalue weighted by atomic mass is 10.1. The lowest BCUT2D eigenvalue weighted by molar-refractivity contribution is -0.142. The molecular weight excluding hydrogens is 276 g/mol. The van der Waals surface area contributed by atoms with Gasteiger partial charge in [-0.3, -0.25) is 0 Å². The van der Waals surface area contributed by atoms with Crippen LogP contribution in [-0.4, -0.2) is 63.1 Å². The van der Waals surface area contributed by atoms with E-state index in [1.807, 2.05) is 16.7 Å². The molecule has 0 radical (unpaired) electrons. The SMILES string of the molecule is CC1CN(C(=O)N2CCCCCC2C(=O)O)CC(C)S1. The Balaban J connectivity index is 2.10. The fourth-order valence-electron chi connectivity index (χ4n) is 3.11. The monoisotopic (exact) mass is 300 g/mol. The van der Waals surface area contributed by atoms with Gasteiger partial charge in [0.2, 0.25) is 0 Å². The van der Waals surface area contributed by atoms with Crippen LogP contribution in [0, 0.1) is 0 Å². The molecule has 0 aliphatic carbocycles. The van der Waals surface area contributed by atoms with Gasteiger partial charge in [0.25, 0.3) is 0 Å². The van der Waals surface area contributed by atoms with Crippen molar-refractivity contribution in [3.63, 3.8) is 0 Å². The number of rotatable bonds is 1. The third-order valence-electron chi connectivity index (χ3n) is 3.97. The number of carbonyl (C=O) groups excluding carboxylic acids is 1. The van der Waals surface area contributed by atoms with Crippen molar-refractivity contribution in [3.05, 3.63) is 0 Å². The van der Waals surface area contributed by atoms with Gasteiger partial charge in [-0.15, -0.1) is 0 Å². The highest BCUT2D eigenvalue weighted by Crippen LogP contribution is 2.27. The molecule has 2 aliphatic heterocycles. The first kappa shape index (κ1) is 15.5. The maximum Gasteiger partial charge on any atom is 0.326 e. The van der Waals surface area contributed by atoms with Gasteiger partial charge in [-0.05, 0) is 12.8 Å². The number of carbonyl (C=O) groups is 2. The van der Waals surface area contributed by atoms with Gasteiger partial charge >= 0.3 is 12.0 Å². The number of likely N-dealkylation sites (tertiary alicyclic amines) is 1. The molecule has 3 atom stereocenters. The molecule has 2 heterocycles. The van der Waals surface area contributed by atoms with Gasteiger partial charge in [0.05, 0.1) is 0 Å². The Morgan fingerprint density at radius 1 is 1.10 bits per heavy atom. The van der Waals surface area contributed by atoms with E-state index in [1.165, 1.54) is 0 Å². The van der Waals surface area contributed by atoms with Crippen LogP contribution < -0.4 is 0 Å². The van der Waals surface area contributed by atoms with Crippen LogP contribution in [0.25, 0.3) is 0 Å². The van der Waals surface area contributed by atoms with Crippen LogP contribution in [0.2, 0.25) is 0 Å². The van der Waals surface area contributed by atoms with Crippen molar-refractivity contribution in [2.24, 2.45) is 0 Å². The van der Waals surface area contributed by atoms with E-state index in [-0.39, 0.29) is 6.03 Å². The van der Waals surface area contributed by atoms with Gasteiger partial charge in [-0.1, -0.05) is 26.7 Å². The number of hydrogen-bond acceptors (Lipinski definition) is 3. The highest BCUT2D eigenvalue weighted by Gasteiger charge is 2.35. The molecular formula is C14H24N2O3S. The summed E-state index contributed by atoms with van der Waals surface area (Å²) in [5, 5.41) is 10.2. The molecule has 0 aromatic carbocycles. The summed E-state index contributed by atoms with van der Waals surface area (Å²) in [6, 6.07) is -0.733. The lowest BCUT2D eigenvalue weighted by Crippen LogP contribution is -2.54. The zero-order chi connectivity index (χ0) is 14.7. The molecule has 2 rings (SSSR count). The van der Waals surface area contributed by atoms with Gasteiger partial charge in [-0.2, -0.15) is 11.8 Å². The van der Waals surface area contributed by atoms with Crippen LogP contribution in [0.1, 0.15) is 39.5 Å². The third kappa shape index (κ3) is 3.59. The van der Waals surface area contributed by atoms with Crippen molar-refractivity contribution < 1.29 is 14.7 Å². The topological polar surface area (TPSA) is 60.9 Å². The van der Waals surface area contributed by atoms with Gasteiger partial charge in [-0.25, -0.2) is 9.59 Å². The van der Waals surface area contributed by atoms with Crippen LogP contribution in [-0.2, 0) is 4.79 Å². The molecule has 2 fully saturated rings. The van der Waals surface area contributed by atoms with E-state index < -0.39 is 12.0 Å². The summed E-state index contributed by atoms with van der Waals surface area (Å²) in [7, 11) is 0. The number of urea groups is 1. The fraction of sp³-hybridized carbons (Fsp3) is 0.857. The molecule has 5 nitrogen and oxygen atoms in total. The molecule has 0 aromatic heterocycles. The van der Waals surface area contributed by atoms with E-state index in [0.29, 0.717) is 23.5 Å². The molecule has 0 saturated carbocycles. The molecule has 0 aromatic rings. The third-order valence-corrected chi connectivity index (χ3v) is 5.20. The highest BCUT2D eigenvalue weighted by molar-refractivity contribution is 8.00. The Morgan fingerprint density at radius 3 is 2.35 bits per heavy atom. The zero-order valence-corrected chi connectivity index (χ0v) is 13.1. The Hall–Kier alpha value is -0.910. The Labute approximate surface area is 124 Å². The molecule has 0 bridgehead atoms. The van der Waals surface area contributed by atoms with Gasteiger partial charge in [0.15, 0.2) is 0 Å². The number of hydrogen-bond donors (Lipinski definition) is 1. The average Bonchev–Trinajstić information content (AvgIpc) is 2.62. The number of carboxylic acids is 1. The van der Waals surface area contributed by atoms with Gasteiger partial charge in [0, 0.05) is 30.1 Å². The van der Waals surface area contributed by atoms with E-state index in [1.54, 1.807) is 4.90 Å². The van der Waals surface area contributed by atoms with Crippen LogP contribution in [0.5, 0.6) is 0 Å². The van der Waals surface area contributed by atoms with Crippen molar-refractivity contribution >= 4 is 23.8 Å². The number of aliphatic carboxylic acids is 1. The van der Waals surface area contributed by atoms with E-state index in [2.05, 4.69) is 13.8 Å². The summed E-state index contributed by atoms with van der Waals surface area (Å²) in [5.74, 6) is -0.868. The highest BCUT2D eigenvalue weighted by atomic mass is 32.2. The molecule has 2 aliphatic rings. The second-order valence-electron chi connectivity index (χ2n) is 5.84. The maximum atomic E-state index is 12.7. The minimum atomic E-state index is -0.868. The Morgan fingerprint density at radius 2 is 1.75 bits per heavy atom. The standard InChI is InChI=1S/C14H24N2O3S/c1-10-8-15(9-11(2)20-10)14(19)16-7-5-3-4-6-12(16)13(17)18/h10-12H,3-9H2,1-2H3,(H,17,18). The summed E-state index contributed by atoms with van der Waals surface area (Å²) >= 11 is 1.89. The van der Waals surface area contributed by atoms with E-state index in [9.17, 15) is 14.7 Å². The van der Waals surface area contributed by atoms with E-state index in [4.69, 9.17) is 0 Å². The predicted molar refractivity (Wildman–Crippen MR) is 80.1 cm³/mol. The molecule has 1 N–H and O–H groups in total. The number of thioether (sulfide) groups is 1. The van der Waals surface area contributed by atoms with Crippen LogP contribution in [0.4, 0.5) is 4.79 Å². The first-order valence-corrected chi connectivity index (χ1v) is 8.37. The van der Waals surface area contributed by atoms with Crippen molar-refractivity contribution in [3.8, 4) is 0 Å². The first-order valence-electron chi connectivity index (χ1n) is 7.43. The maximum absolute atomic E-state index is 12.7. The van der Waals surface area contributed by atoms with Crippen LogP contribution >= 0.6 is 11.8 Å². The normalized spacial score (nSPS) is 31.8. The van der Waals surface area contributed by atoms with Crippen molar-refractivity contribution in [2.45, 2.75) is 56.1 Å². The van der Waals surface area contributed by atoms with Crippen LogP contribution in [0.3, 0.4) is 0 Å². The predicted octanol–water partition coefficient (Wildman–Crippen LogP) is 2.26. The average molecular weight is 300 g/mol.